The van der Waals surface area contributed by atoms with Crippen molar-refractivity contribution in [1.29, 1.82) is 0 Å². The third-order valence-corrected chi connectivity index (χ3v) is 4.44. The van der Waals surface area contributed by atoms with Crippen molar-refractivity contribution in [3.63, 3.8) is 0 Å². The van der Waals surface area contributed by atoms with E-state index in [0.29, 0.717) is 0 Å². The van der Waals surface area contributed by atoms with Crippen molar-refractivity contribution < 1.29 is 4.52 Å². The molecule has 0 amide bonds. The summed E-state index contributed by atoms with van der Waals surface area (Å²) in [5, 5.41) is 7.71. The predicted molar refractivity (Wildman–Crippen MR) is 74.1 cm³/mol. The van der Waals surface area contributed by atoms with Crippen LogP contribution < -0.4 is 10.2 Å². The average molecular weight is 264 g/mol. The first-order chi connectivity index (χ1) is 9.17. The number of anilines is 1. The molecule has 0 radical (unpaired) electrons. The highest BCUT2D eigenvalue weighted by molar-refractivity contribution is 5.28. The van der Waals surface area contributed by atoms with Crippen molar-refractivity contribution in [3.05, 3.63) is 5.89 Å². The molecule has 19 heavy (non-hydrogen) atoms. The normalized spacial score (nSPS) is 27.5. The van der Waals surface area contributed by atoms with Gasteiger partial charge in [0.2, 0.25) is 5.89 Å². The van der Waals surface area contributed by atoms with Crippen LogP contribution >= 0.6 is 0 Å². The molecule has 2 saturated heterocycles. The van der Waals surface area contributed by atoms with Crippen LogP contribution in [0.5, 0.6) is 0 Å². The molecule has 106 valence electrons. The molecule has 0 aliphatic carbocycles. The van der Waals surface area contributed by atoms with E-state index in [0.717, 1.165) is 31.5 Å². The second-order valence-corrected chi connectivity index (χ2v) is 6.46. The second kappa shape index (κ2) is 5.12. The van der Waals surface area contributed by atoms with Crippen molar-refractivity contribution in [3.8, 4) is 0 Å². The highest BCUT2D eigenvalue weighted by Crippen LogP contribution is 2.39. The molecule has 1 aromatic heterocycles. The summed E-state index contributed by atoms with van der Waals surface area (Å²) in [7, 11) is 0. The van der Waals surface area contributed by atoms with E-state index in [1.165, 1.54) is 32.1 Å². The van der Waals surface area contributed by atoms with E-state index in [-0.39, 0.29) is 11.5 Å². The zero-order valence-corrected chi connectivity index (χ0v) is 12.0. The molecule has 3 rings (SSSR count). The summed E-state index contributed by atoms with van der Waals surface area (Å²) in [5.41, 5.74) is 0.184. The molecule has 5 nitrogen and oxygen atoms in total. The molecular formula is C14H24N4O. The quantitative estimate of drug-likeness (QED) is 0.889. The van der Waals surface area contributed by atoms with Gasteiger partial charge in [0.25, 0.3) is 5.95 Å². The van der Waals surface area contributed by atoms with E-state index in [1.807, 2.05) is 0 Å². The number of hydrogen-bond donors (Lipinski definition) is 1. The lowest BCUT2D eigenvalue weighted by atomic mass is 9.77. The van der Waals surface area contributed by atoms with Gasteiger partial charge in [0.05, 0.1) is 6.04 Å². The van der Waals surface area contributed by atoms with Gasteiger partial charge in [-0.05, 0) is 49.2 Å². The van der Waals surface area contributed by atoms with Gasteiger partial charge < -0.3 is 14.7 Å². The predicted octanol–water partition coefficient (Wildman–Crippen LogP) is 2.51. The lowest BCUT2D eigenvalue weighted by molar-refractivity contribution is 0.146. The molecule has 3 heterocycles. The highest BCUT2D eigenvalue weighted by atomic mass is 16.5. The molecule has 1 aromatic rings. The summed E-state index contributed by atoms with van der Waals surface area (Å²) in [6.45, 7) is 7.69. The number of hydrogen-bond acceptors (Lipinski definition) is 5. The first-order valence-electron chi connectivity index (χ1n) is 7.49. The third-order valence-electron chi connectivity index (χ3n) is 4.44. The van der Waals surface area contributed by atoms with E-state index in [9.17, 15) is 0 Å². The Kier molecular flexibility index (Phi) is 3.48. The summed E-state index contributed by atoms with van der Waals surface area (Å²) in [5.74, 6) is 1.53. The van der Waals surface area contributed by atoms with Crippen LogP contribution in [-0.2, 0) is 0 Å². The molecule has 2 fully saturated rings. The van der Waals surface area contributed by atoms with Crippen LogP contribution in [0, 0.1) is 5.41 Å². The summed E-state index contributed by atoms with van der Waals surface area (Å²) in [6, 6.07) is 0.187. The minimum absolute atomic E-state index is 0.184. The van der Waals surface area contributed by atoms with Gasteiger partial charge in [-0.3, -0.25) is 0 Å². The summed E-state index contributed by atoms with van der Waals surface area (Å²) in [6.07, 6.45) is 6.20. The molecule has 2 aliphatic rings. The van der Waals surface area contributed by atoms with Crippen LogP contribution in [-0.4, -0.2) is 29.8 Å². The largest absolute Gasteiger partial charge is 0.338 e. The molecule has 0 aromatic carbocycles. The van der Waals surface area contributed by atoms with Crippen LogP contribution in [0.2, 0.25) is 0 Å². The molecule has 0 bridgehead atoms. The second-order valence-electron chi connectivity index (χ2n) is 6.46. The van der Waals surface area contributed by atoms with Crippen LogP contribution in [0.15, 0.2) is 4.52 Å². The minimum atomic E-state index is 0.184. The number of piperidine rings is 2. The van der Waals surface area contributed by atoms with Crippen LogP contribution in [0.4, 0.5) is 5.95 Å². The molecule has 1 unspecified atom stereocenters. The van der Waals surface area contributed by atoms with Gasteiger partial charge in [0.15, 0.2) is 0 Å². The maximum atomic E-state index is 5.53. The Labute approximate surface area is 114 Å². The van der Waals surface area contributed by atoms with Gasteiger partial charge in [-0.1, -0.05) is 13.8 Å². The standard InChI is InChI=1S/C14H24N4O/c1-14(2)7-6-8-15-11(14)12-16-13(17-19-12)18-9-4-3-5-10-18/h11,15H,3-10H2,1-2H3. The molecule has 0 spiro atoms. The molecule has 2 aliphatic heterocycles. The van der Waals surface area contributed by atoms with Crippen molar-refractivity contribution in [1.82, 2.24) is 15.5 Å². The Balaban J connectivity index is 1.76. The summed E-state index contributed by atoms with van der Waals surface area (Å²) in [4.78, 5) is 6.88. The van der Waals surface area contributed by atoms with Gasteiger partial charge in [0, 0.05) is 13.1 Å². The number of rotatable bonds is 2. The highest BCUT2D eigenvalue weighted by Gasteiger charge is 2.37. The Hall–Kier alpha value is -1.10. The Morgan fingerprint density at radius 1 is 1.21 bits per heavy atom. The third kappa shape index (κ3) is 2.61. The Morgan fingerprint density at radius 2 is 2.00 bits per heavy atom. The lowest BCUT2D eigenvalue weighted by Gasteiger charge is -2.36. The number of aromatic nitrogens is 2. The van der Waals surface area contributed by atoms with Gasteiger partial charge >= 0.3 is 0 Å². The minimum Gasteiger partial charge on any atom is -0.338 e. The Bertz CT molecular complexity index is 423. The number of nitrogens with one attached hydrogen (secondary N) is 1. The van der Waals surface area contributed by atoms with E-state index in [2.05, 4.69) is 34.2 Å². The van der Waals surface area contributed by atoms with Crippen LogP contribution in [0.25, 0.3) is 0 Å². The zero-order valence-electron chi connectivity index (χ0n) is 12.0. The molecule has 1 N–H and O–H groups in total. The first kappa shape index (κ1) is 12.9. The van der Waals surface area contributed by atoms with Crippen LogP contribution in [0.1, 0.15) is 57.9 Å². The monoisotopic (exact) mass is 264 g/mol. The number of nitrogens with zero attached hydrogens (tertiary/aromatic N) is 3. The van der Waals surface area contributed by atoms with E-state index in [1.54, 1.807) is 0 Å². The van der Waals surface area contributed by atoms with E-state index < -0.39 is 0 Å². The fraction of sp³-hybridized carbons (Fsp3) is 0.857. The van der Waals surface area contributed by atoms with Crippen molar-refractivity contribution in [2.24, 2.45) is 5.41 Å². The zero-order chi connectivity index (χ0) is 13.3. The molecular weight excluding hydrogens is 240 g/mol. The van der Waals surface area contributed by atoms with E-state index in [4.69, 9.17) is 4.52 Å². The SMILES string of the molecule is CC1(C)CCCNC1c1nc(N2CCCCC2)no1. The topological polar surface area (TPSA) is 54.2 Å². The van der Waals surface area contributed by atoms with Crippen molar-refractivity contribution in [2.45, 2.75) is 52.0 Å². The lowest BCUT2D eigenvalue weighted by Crippen LogP contribution is -2.40. The van der Waals surface area contributed by atoms with Gasteiger partial charge in [0.1, 0.15) is 0 Å². The fourth-order valence-electron chi connectivity index (χ4n) is 3.20. The van der Waals surface area contributed by atoms with Gasteiger partial charge in [-0.25, -0.2) is 0 Å². The smallest absolute Gasteiger partial charge is 0.266 e. The molecule has 1 atom stereocenters. The van der Waals surface area contributed by atoms with Gasteiger partial charge in [-0.15, -0.1) is 0 Å². The molecule has 5 heteroatoms. The van der Waals surface area contributed by atoms with E-state index >= 15 is 0 Å². The molecule has 0 saturated carbocycles. The maximum Gasteiger partial charge on any atom is 0.266 e. The maximum absolute atomic E-state index is 5.53. The van der Waals surface area contributed by atoms with Crippen molar-refractivity contribution in [2.75, 3.05) is 24.5 Å². The summed E-state index contributed by atoms with van der Waals surface area (Å²) < 4.78 is 5.53. The Morgan fingerprint density at radius 3 is 2.74 bits per heavy atom. The first-order valence-corrected chi connectivity index (χ1v) is 7.49. The van der Waals surface area contributed by atoms with Crippen LogP contribution in [0.3, 0.4) is 0 Å². The average Bonchev–Trinajstić information content (AvgIpc) is 2.88. The van der Waals surface area contributed by atoms with Crippen molar-refractivity contribution >= 4 is 5.95 Å². The summed E-state index contributed by atoms with van der Waals surface area (Å²) >= 11 is 0. The fourth-order valence-corrected chi connectivity index (χ4v) is 3.20. The van der Waals surface area contributed by atoms with Gasteiger partial charge in [-0.2, -0.15) is 4.98 Å².